The van der Waals surface area contributed by atoms with Gasteiger partial charge in [-0.2, -0.15) is 0 Å². The third-order valence-electron chi connectivity index (χ3n) is 5.67. The monoisotopic (exact) mass is 447 g/mol. The Morgan fingerprint density at radius 1 is 1.45 bits per heavy atom. The van der Waals surface area contributed by atoms with Crippen molar-refractivity contribution in [2.75, 3.05) is 44.9 Å². The molecule has 1 fully saturated rings. The number of hydrogen-bond acceptors (Lipinski definition) is 7. The Kier molecular flexibility index (Phi) is 4.78. The third kappa shape index (κ3) is 2.74. The third-order valence-corrected chi connectivity index (χ3v) is 6.62. The van der Waals surface area contributed by atoms with Crippen LogP contribution in [0.25, 0.3) is 26.6 Å². The lowest BCUT2D eigenvalue weighted by atomic mass is 10.1. The second kappa shape index (κ2) is 7.38. The molecule has 0 radical (unpaired) electrons. The summed E-state index contributed by atoms with van der Waals surface area (Å²) >= 11 is 1.24. The fourth-order valence-electron chi connectivity index (χ4n) is 4.43. The number of pyridine rings is 1. The average Bonchev–Trinajstić information content (AvgIpc) is 3.32. The predicted molar refractivity (Wildman–Crippen MR) is 114 cm³/mol. The van der Waals surface area contributed by atoms with Crippen LogP contribution in [0, 0.1) is 5.82 Å². The van der Waals surface area contributed by atoms with Crippen molar-refractivity contribution in [3.05, 3.63) is 38.4 Å². The van der Waals surface area contributed by atoms with E-state index in [4.69, 9.17) is 9.47 Å². The fraction of sp³-hybridized carbons (Fsp3) is 0.381. The van der Waals surface area contributed by atoms with Crippen LogP contribution in [0.4, 0.5) is 14.5 Å². The maximum atomic E-state index is 15.5. The van der Waals surface area contributed by atoms with Gasteiger partial charge in [0.25, 0.3) is 0 Å². The molecule has 0 amide bonds. The highest BCUT2D eigenvalue weighted by atomic mass is 32.1. The smallest absolute Gasteiger partial charge is 0.345 e. The van der Waals surface area contributed by atoms with E-state index in [-0.39, 0.29) is 36.4 Å². The van der Waals surface area contributed by atoms with E-state index >= 15 is 4.39 Å². The molecule has 0 bridgehead atoms. The minimum atomic E-state index is -0.734. The molecule has 0 N–H and O–H groups in total. The van der Waals surface area contributed by atoms with Crippen molar-refractivity contribution in [3.8, 4) is 0 Å². The molecule has 0 saturated carbocycles. The Bertz CT molecular complexity index is 1430. The highest BCUT2D eigenvalue weighted by Gasteiger charge is 2.31. The second-order valence-electron chi connectivity index (χ2n) is 7.33. The lowest BCUT2D eigenvalue weighted by molar-refractivity contribution is 0.0246. The Morgan fingerprint density at radius 2 is 2.26 bits per heavy atom. The summed E-state index contributed by atoms with van der Waals surface area (Å²) < 4.78 is 41.0. The number of halogens is 2. The van der Waals surface area contributed by atoms with Crippen molar-refractivity contribution >= 4 is 49.6 Å². The van der Waals surface area contributed by atoms with Crippen molar-refractivity contribution in [2.45, 2.75) is 13.0 Å². The number of carbonyl (C=O) groups is 1. The SMILES string of the molecule is CCOC(=O)c1c(=O)c2cc(F)c(N3CCOC(CF)C3)c3c(=NC)c4csc1n4c23. The molecule has 0 spiro atoms. The van der Waals surface area contributed by atoms with Gasteiger partial charge in [-0.3, -0.25) is 14.2 Å². The first-order valence-electron chi connectivity index (χ1n) is 9.91. The number of hydrogen-bond donors (Lipinski definition) is 0. The number of nitrogens with zero attached hydrogens (tertiary/aromatic N) is 3. The summed E-state index contributed by atoms with van der Waals surface area (Å²) in [5.41, 5.74) is 0.771. The molecule has 4 aromatic rings. The Morgan fingerprint density at radius 3 is 2.97 bits per heavy atom. The van der Waals surface area contributed by atoms with Gasteiger partial charge in [0, 0.05) is 25.5 Å². The quantitative estimate of drug-likeness (QED) is 0.450. The van der Waals surface area contributed by atoms with E-state index in [0.29, 0.717) is 33.2 Å². The summed E-state index contributed by atoms with van der Waals surface area (Å²) in [6, 6.07) is 1.16. The predicted octanol–water partition coefficient (Wildman–Crippen LogP) is 2.56. The lowest BCUT2D eigenvalue weighted by Crippen LogP contribution is -2.44. The number of aromatic nitrogens is 1. The van der Waals surface area contributed by atoms with E-state index in [1.54, 1.807) is 28.7 Å². The summed E-state index contributed by atoms with van der Waals surface area (Å²) in [5.74, 6) is -1.36. The number of morpholine rings is 1. The van der Waals surface area contributed by atoms with Crippen LogP contribution in [-0.4, -0.2) is 56.5 Å². The standard InChI is InChI=1S/C21H19F2N3O4S/c1-3-29-21(28)15-19(27)11-6-12(23)18(25-4-5-30-10(7-22)8-25)14-16(24-2)13-9-31-20(15)26(13)17(11)14/h6,9-10H,3-5,7-8H2,1-2H3. The van der Waals surface area contributed by atoms with E-state index in [2.05, 4.69) is 4.99 Å². The zero-order valence-electron chi connectivity index (χ0n) is 16.9. The maximum absolute atomic E-state index is 15.5. The number of alkyl halides is 1. The first-order valence-corrected chi connectivity index (χ1v) is 10.8. The van der Waals surface area contributed by atoms with Crippen LogP contribution in [0.3, 0.4) is 0 Å². The number of carbonyl (C=O) groups excluding carboxylic acids is 1. The molecule has 1 aromatic carbocycles. The molecule has 1 aliphatic heterocycles. The van der Waals surface area contributed by atoms with Gasteiger partial charge in [0.15, 0.2) is 0 Å². The molecule has 1 aliphatic rings. The highest BCUT2D eigenvalue weighted by Crippen LogP contribution is 2.37. The van der Waals surface area contributed by atoms with Gasteiger partial charge >= 0.3 is 5.97 Å². The average molecular weight is 447 g/mol. The molecule has 162 valence electrons. The topological polar surface area (TPSA) is 72.6 Å². The Labute approximate surface area is 178 Å². The molecule has 7 nitrogen and oxygen atoms in total. The first-order chi connectivity index (χ1) is 15.0. The maximum Gasteiger partial charge on any atom is 0.345 e. The van der Waals surface area contributed by atoms with Gasteiger partial charge in [-0.1, -0.05) is 0 Å². The normalized spacial score (nSPS) is 18.1. The van der Waals surface area contributed by atoms with Crippen LogP contribution in [0.15, 0.2) is 21.2 Å². The molecule has 1 unspecified atom stereocenters. The van der Waals surface area contributed by atoms with Crippen LogP contribution >= 0.6 is 11.3 Å². The van der Waals surface area contributed by atoms with E-state index in [0.717, 1.165) is 6.07 Å². The van der Waals surface area contributed by atoms with Crippen molar-refractivity contribution in [3.63, 3.8) is 0 Å². The Hall–Kier alpha value is -2.85. The van der Waals surface area contributed by atoms with Gasteiger partial charge in [-0.15, -0.1) is 11.3 Å². The zero-order chi connectivity index (χ0) is 21.9. The van der Waals surface area contributed by atoms with Crippen LogP contribution in [0.2, 0.25) is 0 Å². The minimum absolute atomic E-state index is 0.0883. The number of thiazole rings is 1. The molecule has 10 heteroatoms. The summed E-state index contributed by atoms with van der Waals surface area (Å²) in [4.78, 5) is 32.4. The summed E-state index contributed by atoms with van der Waals surface area (Å²) in [5, 5.41) is 2.89. The second-order valence-corrected chi connectivity index (χ2v) is 8.19. The molecule has 4 heterocycles. The highest BCUT2D eigenvalue weighted by molar-refractivity contribution is 7.16. The Balaban J connectivity index is 1.91. The van der Waals surface area contributed by atoms with Crippen molar-refractivity contribution < 1.29 is 23.0 Å². The summed E-state index contributed by atoms with van der Waals surface area (Å²) in [6.45, 7) is 1.94. The summed E-state index contributed by atoms with van der Waals surface area (Å²) in [7, 11) is 1.60. The van der Waals surface area contributed by atoms with Gasteiger partial charge in [-0.25, -0.2) is 13.6 Å². The molecule has 1 saturated heterocycles. The molecule has 0 aliphatic carbocycles. The number of esters is 1. The van der Waals surface area contributed by atoms with Crippen molar-refractivity contribution in [2.24, 2.45) is 4.99 Å². The van der Waals surface area contributed by atoms with Gasteiger partial charge in [0.2, 0.25) is 5.43 Å². The van der Waals surface area contributed by atoms with Crippen molar-refractivity contribution in [1.29, 1.82) is 0 Å². The molecular weight excluding hydrogens is 428 g/mol. The van der Waals surface area contributed by atoms with Gasteiger partial charge in [0.1, 0.15) is 29.0 Å². The van der Waals surface area contributed by atoms with Crippen LogP contribution in [0.1, 0.15) is 17.3 Å². The van der Waals surface area contributed by atoms with Gasteiger partial charge in [-0.05, 0) is 13.0 Å². The molecule has 31 heavy (non-hydrogen) atoms. The molecule has 5 rings (SSSR count). The zero-order valence-corrected chi connectivity index (χ0v) is 17.7. The van der Waals surface area contributed by atoms with Gasteiger partial charge < -0.3 is 14.4 Å². The molecular formula is C21H19F2N3O4S. The first kappa shape index (κ1) is 20.1. The van der Waals surface area contributed by atoms with E-state index in [1.807, 2.05) is 0 Å². The van der Waals surface area contributed by atoms with Crippen LogP contribution in [0.5, 0.6) is 0 Å². The number of anilines is 1. The molecule has 1 atom stereocenters. The number of ether oxygens (including phenoxy) is 2. The van der Waals surface area contributed by atoms with Crippen molar-refractivity contribution in [1.82, 2.24) is 4.40 Å². The fourth-order valence-corrected chi connectivity index (χ4v) is 5.46. The van der Waals surface area contributed by atoms with Crippen LogP contribution in [-0.2, 0) is 9.47 Å². The minimum Gasteiger partial charge on any atom is -0.462 e. The van der Waals surface area contributed by atoms with E-state index < -0.39 is 30.0 Å². The van der Waals surface area contributed by atoms with Crippen LogP contribution < -0.4 is 15.7 Å². The van der Waals surface area contributed by atoms with E-state index in [1.165, 1.54) is 11.3 Å². The van der Waals surface area contributed by atoms with E-state index in [9.17, 15) is 14.0 Å². The number of rotatable bonds is 4. The number of benzene rings is 1. The lowest BCUT2D eigenvalue weighted by Gasteiger charge is -2.34. The van der Waals surface area contributed by atoms with Gasteiger partial charge in [0.05, 0.1) is 46.1 Å². The largest absolute Gasteiger partial charge is 0.462 e. The molecule has 3 aromatic heterocycles. The summed E-state index contributed by atoms with van der Waals surface area (Å²) in [6.07, 6.45) is -0.651.